The molecule has 1 saturated carbocycles. The van der Waals surface area contributed by atoms with E-state index in [2.05, 4.69) is 26.8 Å². The molecule has 2 aliphatic heterocycles. The van der Waals surface area contributed by atoms with Crippen molar-refractivity contribution >= 4 is 34.7 Å². The minimum absolute atomic E-state index is 0.00988. The Morgan fingerprint density at radius 3 is 2.71 bits per heavy atom. The Bertz CT molecular complexity index is 1690. The zero-order valence-electron chi connectivity index (χ0n) is 23.3. The summed E-state index contributed by atoms with van der Waals surface area (Å²) in [6, 6.07) is 9.72. The van der Waals surface area contributed by atoms with Gasteiger partial charge in [-0.15, -0.1) is 5.10 Å². The van der Waals surface area contributed by atoms with Crippen LogP contribution in [0.15, 0.2) is 61.2 Å². The zero-order chi connectivity index (χ0) is 28.8. The van der Waals surface area contributed by atoms with Crippen molar-refractivity contribution in [2.24, 2.45) is 5.92 Å². The fraction of sp³-hybridized carbons (Fsp3) is 0.355. The number of benzene rings is 1. The number of pyridine rings is 1. The van der Waals surface area contributed by atoms with Crippen molar-refractivity contribution in [1.29, 1.82) is 0 Å². The van der Waals surface area contributed by atoms with Crippen LogP contribution in [0.2, 0.25) is 5.02 Å². The molecule has 1 aliphatic carbocycles. The van der Waals surface area contributed by atoms with Gasteiger partial charge in [0.15, 0.2) is 0 Å². The highest BCUT2D eigenvalue weighted by Gasteiger charge is 2.33. The molecule has 1 N–H and O–H groups in total. The average Bonchev–Trinajstić information content (AvgIpc) is 3.52. The Hall–Kier alpha value is -4.31. The third-order valence-electron chi connectivity index (χ3n) is 8.46. The Labute approximate surface area is 248 Å². The molecule has 4 aromatic rings. The van der Waals surface area contributed by atoms with Crippen molar-refractivity contribution in [3.8, 4) is 16.9 Å². The standard InChI is InChI=1S/C31H31ClN8O2/c1-19-3-2-4-28(25-15-21(9-11-33-25)30-26(36-31(19)42)18-35-40(30)23-6-7-23)38-13-10-20(16-29(38)41)24-17-22(32)5-8-27(24)39-14-12-34-37-39/h5,8-9,11-12,14-19,23,28H,2-4,6-7,10,13H2,1H3,(H,36,42). The van der Waals surface area contributed by atoms with Crippen molar-refractivity contribution in [2.45, 2.75) is 57.5 Å². The number of halogens is 1. The van der Waals surface area contributed by atoms with Crippen LogP contribution in [0.1, 0.15) is 68.8 Å². The van der Waals surface area contributed by atoms with Gasteiger partial charge in [-0.25, -0.2) is 4.68 Å². The molecular formula is C31H31ClN8O2. The fourth-order valence-electron chi connectivity index (χ4n) is 6.06. The lowest BCUT2D eigenvalue weighted by atomic mass is 9.93. The molecule has 42 heavy (non-hydrogen) atoms. The first-order valence-corrected chi connectivity index (χ1v) is 14.9. The summed E-state index contributed by atoms with van der Waals surface area (Å²) >= 11 is 6.38. The van der Waals surface area contributed by atoms with Crippen molar-refractivity contribution < 1.29 is 9.59 Å². The molecule has 10 nitrogen and oxygen atoms in total. The van der Waals surface area contributed by atoms with Crippen LogP contribution in [0.4, 0.5) is 5.69 Å². The first-order chi connectivity index (χ1) is 20.5. The van der Waals surface area contributed by atoms with Gasteiger partial charge in [-0.3, -0.25) is 19.3 Å². The van der Waals surface area contributed by atoms with Crippen LogP contribution in [0, 0.1) is 5.92 Å². The van der Waals surface area contributed by atoms with Gasteiger partial charge < -0.3 is 10.2 Å². The second-order valence-corrected chi connectivity index (χ2v) is 11.8. The maximum Gasteiger partial charge on any atom is 0.247 e. The minimum atomic E-state index is -0.222. The second-order valence-electron chi connectivity index (χ2n) is 11.3. The highest BCUT2D eigenvalue weighted by molar-refractivity contribution is 6.30. The third kappa shape index (κ3) is 5.00. The maximum absolute atomic E-state index is 13.8. The number of carbonyl (C=O) groups excluding carboxylic acids is 2. The van der Waals surface area contributed by atoms with Crippen LogP contribution in [0.3, 0.4) is 0 Å². The number of hydrogen-bond acceptors (Lipinski definition) is 6. The van der Waals surface area contributed by atoms with Gasteiger partial charge in [-0.1, -0.05) is 30.2 Å². The number of carbonyl (C=O) groups is 2. The number of hydrogen-bond donors (Lipinski definition) is 1. The van der Waals surface area contributed by atoms with E-state index in [-0.39, 0.29) is 23.8 Å². The summed E-state index contributed by atoms with van der Waals surface area (Å²) in [5.41, 5.74) is 5.99. The number of anilines is 1. The van der Waals surface area contributed by atoms with E-state index in [0.717, 1.165) is 58.7 Å². The van der Waals surface area contributed by atoms with Gasteiger partial charge >= 0.3 is 0 Å². The minimum Gasteiger partial charge on any atom is -0.330 e. The summed E-state index contributed by atoms with van der Waals surface area (Å²) in [6.07, 6.45) is 13.7. The van der Waals surface area contributed by atoms with Crippen LogP contribution < -0.4 is 5.32 Å². The quantitative estimate of drug-likeness (QED) is 0.334. The van der Waals surface area contributed by atoms with Crippen molar-refractivity contribution in [2.75, 3.05) is 11.9 Å². The van der Waals surface area contributed by atoms with Crippen molar-refractivity contribution in [1.82, 2.24) is 34.7 Å². The average molecular weight is 583 g/mol. The summed E-state index contributed by atoms with van der Waals surface area (Å²) in [5, 5.41) is 16.4. The van der Waals surface area contributed by atoms with Crippen LogP contribution in [0.25, 0.3) is 22.5 Å². The molecule has 2 atom stereocenters. The maximum atomic E-state index is 13.8. The number of fused-ring (bicyclic) bond motifs is 4. The van der Waals surface area contributed by atoms with Gasteiger partial charge in [0.1, 0.15) is 0 Å². The van der Waals surface area contributed by atoms with E-state index in [1.807, 2.05) is 40.8 Å². The van der Waals surface area contributed by atoms with E-state index < -0.39 is 0 Å². The fourth-order valence-corrected chi connectivity index (χ4v) is 6.23. The lowest BCUT2D eigenvalue weighted by Crippen LogP contribution is -2.38. The normalized spacial score (nSPS) is 21.2. The van der Waals surface area contributed by atoms with Crippen LogP contribution in [-0.2, 0) is 9.59 Å². The van der Waals surface area contributed by atoms with E-state index in [1.54, 1.807) is 35.5 Å². The molecular weight excluding hydrogens is 552 g/mol. The zero-order valence-corrected chi connectivity index (χ0v) is 24.0. The molecule has 3 aromatic heterocycles. The molecule has 2 amide bonds. The van der Waals surface area contributed by atoms with Crippen LogP contribution >= 0.6 is 11.6 Å². The molecule has 2 unspecified atom stereocenters. The molecule has 0 saturated heterocycles. The molecule has 3 aliphatic rings. The predicted octanol–water partition coefficient (Wildman–Crippen LogP) is 5.63. The van der Waals surface area contributed by atoms with Crippen LogP contribution in [0.5, 0.6) is 0 Å². The monoisotopic (exact) mass is 582 g/mol. The first kappa shape index (κ1) is 26.6. The molecule has 0 spiro atoms. The highest BCUT2D eigenvalue weighted by atomic mass is 35.5. The summed E-state index contributed by atoms with van der Waals surface area (Å²) in [5.74, 6) is -0.251. The van der Waals surface area contributed by atoms with Crippen molar-refractivity contribution in [3.63, 3.8) is 0 Å². The summed E-state index contributed by atoms with van der Waals surface area (Å²) < 4.78 is 3.71. The van der Waals surface area contributed by atoms with E-state index in [0.29, 0.717) is 36.9 Å². The third-order valence-corrected chi connectivity index (χ3v) is 8.69. The summed E-state index contributed by atoms with van der Waals surface area (Å²) in [6.45, 7) is 2.49. The largest absolute Gasteiger partial charge is 0.330 e. The van der Waals surface area contributed by atoms with Gasteiger partial charge in [-0.05, 0) is 68.0 Å². The molecule has 1 aromatic carbocycles. The van der Waals surface area contributed by atoms with Gasteiger partial charge in [0.05, 0.1) is 53.4 Å². The first-order valence-electron chi connectivity index (χ1n) is 14.5. The lowest BCUT2D eigenvalue weighted by molar-refractivity contribution is -0.129. The predicted molar refractivity (Wildman–Crippen MR) is 159 cm³/mol. The SMILES string of the molecule is CC1CCCC(N2CCC(c3cc(Cl)ccc3-n3ccnn3)=CC2=O)c2cc(ccn2)-c2c(cnn2C2CC2)NC1=O. The van der Waals surface area contributed by atoms with Crippen LogP contribution in [-0.4, -0.2) is 53.0 Å². The number of amides is 2. The topological polar surface area (TPSA) is 111 Å². The lowest BCUT2D eigenvalue weighted by Gasteiger charge is -2.34. The Kier molecular flexibility index (Phi) is 6.85. The van der Waals surface area contributed by atoms with E-state index in [1.165, 1.54) is 0 Å². The number of nitrogens with one attached hydrogen (secondary N) is 1. The van der Waals surface area contributed by atoms with Gasteiger partial charge in [0.2, 0.25) is 11.8 Å². The number of rotatable bonds is 4. The molecule has 0 radical (unpaired) electrons. The summed E-state index contributed by atoms with van der Waals surface area (Å²) in [4.78, 5) is 33.6. The number of nitrogens with zero attached hydrogens (tertiary/aromatic N) is 7. The summed E-state index contributed by atoms with van der Waals surface area (Å²) in [7, 11) is 0. The Morgan fingerprint density at radius 1 is 1.05 bits per heavy atom. The van der Waals surface area contributed by atoms with Gasteiger partial charge in [0, 0.05) is 40.9 Å². The molecule has 1 fully saturated rings. The smallest absolute Gasteiger partial charge is 0.247 e. The molecule has 11 heteroatoms. The molecule has 7 rings (SSSR count). The van der Waals surface area contributed by atoms with Gasteiger partial charge in [-0.2, -0.15) is 5.10 Å². The number of aromatic nitrogens is 6. The Balaban J connectivity index is 1.25. The van der Waals surface area contributed by atoms with Gasteiger partial charge in [0.25, 0.3) is 0 Å². The van der Waals surface area contributed by atoms with E-state index in [9.17, 15) is 9.59 Å². The molecule has 5 heterocycles. The molecule has 214 valence electrons. The van der Waals surface area contributed by atoms with E-state index >= 15 is 0 Å². The van der Waals surface area contributed by atoms with E-state index in [4.69, 9.17) is 16.6 Å². The second kappa shape index (κ2) is 10.8. The highest BCUT2D eigenvalue weighted by Crippen LogP contribution is 2.42. The Morgan fingerprint density at radius 2 is 1.93 bits per heavy atom. The van der Waals surface area contributed by atoms with Crippen molar-refractivity contribution in [3.05, 3.63) is 77.5 Å². The molecule has 2 bridgehead atoms.